The van der Waals surface area contributed by atoms with Crippen LogP contribution in [0.25, 0.3) is 0 Å². The average molecular weight is 166 g/mol. The number of hydrogen-bond acceptors (Lipinski definition) is 2. The molecule has 1 unspecified atom stereocenters. The van der Waals surface area contributed by atoms with Gasteiger partial charge in [0.25, 0.3) is 0 Å². The monoisotopic (exact) mass is 165 g/mol. The number of carbonyl (C=O) groups is 1. The lowest BCUT2D eigenvalue weighted by Crippen LogP contribution is -2.22. The Morgan fingerprint density at radius 1 is 1.60 bits per heavy atom. The Bertz CT molecular complexity index is 95.6. The molecule has 2 nitrogen and oxygen atoms in total. The molecule has 62 valence electrons. The third-order valence-corrected chi connectivity index (χ3v) is 1.21. The Morgan fingerprint density at radius 3 is 2.40 bits per heavy atom. The largest absolute Gasteiger partial charge is 0.327 e. The molecule has 0 aromatic rings. The van der Waals surface area contributed by atoms with Gasteiger partial charge in [-0.3, -0.25) is 4.79 Å². The van der Waals surface area contributed by atoms with Crippen molar-refractivity contribution in [3.05, 3.63) is 0 Å². The van der Waals surface area contributed by atoms with Crippen molar-refractivity contribution in [1.29, 1.82) is 0 Å². The van der Waals surface area contributed by atoms with E-state index in [0.29, 0.717) is 6.42 Å². The van der Waals surface area contributed by atoms with Crippen molar-refractivity contribution in [2.45, 2.75) is 39.2 Å². The Balaban J connectivity index is 0. The zero-order valence-corrected chi connectivity index (χ0v) is 7.41. The molecule has 0 fully saturated rings. The fourth-order valence-electron chi connectivity index (χ4n) is 0.842. The van der Waals surface area contributed by atoms with Crippen LogP contribution in [0.3, 0.4) is 0 Å². The normalized spacial score (nSPS) is 11.9. The maximum absolute atomic E-state index is 10.4. The van der Waals surface area contributed by atoms with Gasteiger partial charge >= 0.3 is 0 Å². The van der Waals surface area contributed by atoms with Crippen LogP contribution >= 0.6 is 12.4 Å². The molecule has 0 saturated heterocycles. The number of carbonyl (C=O) groups excluding carboxylic acids is 1. The van der Waals surface area contributed by atoms with Crippen LogP contribution in [0.5, 0.6) is 0 Å². The van der Waals surface area contributed by atoms with E-state index in [1.165, 1.54) is 0 Å². The highest BCUT2D eigenvalue weighted by Gasteiger charge is 2.02. The van der Waals surface area contributed by atoms with Gasteiger partial charge in [0, 0.05) is 12.5 Å². The molecule has 0 aromatic heterocycles. The fourth-order valence-corrected chi connectivity index (χ4v) is 0.842. The Kier molecular flexibility index (Phi) is 8.85. The van der Waals surface area contributed by atoms with E-state index in [9.17, 15) is 4.79 Å². The smallest absolute Gasteiger partial charge is 0.131 e. The van der Waals surface area contributed by atoms with Crippen molar-refractivity contribution < 1.29 is 4.79 Å². The molecule has 0 spiro atoms. The van der Waals surface area contributed by atoms with E-state index < -0.39 is 0 Å². The van der Waals surface area contributed by atoms with Crippen LogP contribution in [0.15, 0.2) is 0 Å². The molecule has 0 aromatic carbocycles. The molecule has 3 heteroatoms. The first kappa shape index (κ1) is 12.6. The lowest BCUT2D eigenvalue weighted by Gasteiger charge is -2.05. The molecule has 0 aliphatic rings. The molecule has 0 bridgehead atoms. The second kappa shape index (κ2) is 7.03. The van der Waals surface area contributed by atoms with Crippen LogP contribution in [0.4, 0.5) is 0 Å². The van der Waals surface area contributed by atoms with Crippen LogP contribution < -0.4 is 5.73 Å². The summed E-state index contributed by atoms with van der Waals surface area (Å²) in [5.41, 5.74) is 5.56. The molecular weight excluding hydrogens is 150 g/mol. The van der Waals surface area contributed by atoms with Crippen LogP contribution in [0.1, 0.15) is 33.1 Å². The molecule has 0 saturated carbocycles. The van der Waals surface area contributed by atoms with Gasteiger partial charge in [-0.05, 0) is 13.3 Å². The maximum Gasteiger partial charge on any atom is 0.131 e. The number of rotatable bonds is 4. The van der Waals surface area contributed by atoms with Crippen LogP contribution in [-0.2, 0) is 4.79 Å². The quantitative estimate of drug-likeness (QED) is 0.687. The van der Waals surface area contributed by atoms with Gasteiger partial charge in [0.1, 0.15) is 5.78 Å². The highest BCUT2D eigenvalue weighted by molar-refractivity contribution is 5.85. The highest BCUT2D eigenvalue weighted by atomic mass is 35.5. The summed E-state index contributed by atoms with van der Waals surface area (Å²) >= 11 is 0. The van der Waals surface area contributed by atoms with Gasteiger partial charge in [-0.25, -0.2) is 0 Å². The van der Waals surface area contributed by atoms with E-state index in [4.69, 9.17) is 5.73 Å². The summed E-state index contributed by atoms with van der Waals surface area (Å²) in [6.45, 7) is 3.65. The summed E-state index contributed by atoms with van der Waals surface area (Å²) in [4.78, 5) is 10.4. The topological polar surface area (TPSA) is 43.1 Å². The van der Waals surface area contributed by atoms with Crippen LogP contribution in [0.2, 0.25) is 0 Å². The van der Waals surface area contributed by atoms with E-state index in [0.717, 1.165) is 12.8 Å². The lowest BCUT2D eigenvalue weighted by molar-refractivity contribution is -0.117. The van der Waals surface area contributed by atoms with Gasteiger partial charge in [0.05, 0.1) is 0 Å². The van der Waals surface area contributed by atoms with Crippen LogP contribution in [0, 0.1) is 0 Å². The third kappa shape index (κ3) is 7.92. The van der Waals surface area contributed by atoms with Crippen molar-refractivity contribution in [1.82, 2.24) is 0 Å². The van der Waals surface area contributed by atoms with E-state index >= 15 is 0 Å². The number of halogens is 1. The van der Waals surface area contributed by atoms with E-state index in [2.05, 4.69) is 6.92 Å². The van der Waals surface area contributed by atoms with E-state index in [1.807, 2.05) is 0 Å². The van der Waals surface area contributed by atoms with Gasteiger partial charge in [-0.1, -0.05) is 13.3 Å². The summed E-state index contributed by atoms with van der Waals surface area (Å²) in [7, 11) is 0. The lowest BCUT2D eigenvalue weighted by atomic mass is 10.1. The fraction of sp³-hybridized carbons (Fsp3) is 0.857. The zero-order valence-electron chi connectivity index (χ0n) is 6.59. The second-order valence-electron chi connectivity index (χ2n) is 2.45. The van der Waals surface area contributed by atoms with E-state index in [-0.39, 0.29) is 24.2 Å². The van der Waals surface area contributed by atoms with Crippen molar-refractivity contribution >= 4 is 18.2 Å². The summed E-state index contributed by atoms with van der Waals surface area (Å²) in [6.07, 6.45) is 2.56. The van der Waals surface area contributed by atoms with Gasteiger partial charge in [0.2, 0.25) is 0 Å². The standard InChI is InChI=1S/C7H15NO.ClH/c1-3-4-7(8)5-6(2)9;/h7H,3-5,8H2,1-2H3;1H. The number of ketones is 1. The van der Waals surface area contributed by atoms with Gasteiger partial charge in [-0.15, -0.1) is 12.4 Å². The minimum atomic E-state index is 0. The molecule has 0 heterocycles. The SMILES string of the molecule is CCCC(N)CC(C)=O.Cl. The molecule has 2 N–H and O–H groups in total. The second-order valence-corrected chi connectivity index (χ2v) is 2.45. The summed E-state index contributed by atoms with van der Waals surface area (Å²) in [5, 5.41) is 0. The summed E-state index contributed by atoms with van der Waals surface area (Å²) in [5.74, 6) is 0.191. The van der Waals surface area contributed by atoms with Gasteiger partial charge < -0.3 is 5.73 Å². The Labute approximate surface area is 68.6 Å². The minimum Gasteiger partial charge on any atom is -0.327 e. The zero-order chi connectivity index (χ0) is 7.28. The Hall–Kier alpha value is -0.0800. The predicted octanol–water partition coefficient (Wildman–Crippen LogP) is 1.51. The molecular formula is C7H16ClNO. The molecule has 0 amide bonds. The van der Waals surface area contributed by atoms with Crippen molar-refractivity contribution in [2.75, 3.05) is 0 Å². The van der Waals surface area contributed by atoms with Crippen molar-refractivity contribution in [3.8, 4) is 0 Å². The Morgan fingerprint density at radius 2 is 2.10 bits per heavy atom. The first-order valence-corrected chi connectivity index (χ1v) is 3.41. The minimum absolute atomic E-state index is 0. The maximum atomic E-state index is 10.4. The third-order valence-electron chi connectivity index (χ3n) is 1.21. The highest BCUT2D eigenvalue weighted by Crippen LogP contribution is 1.97. The molecule has 0 radical (unpaired) electrons. The van der Waals surface area contributed by atoms with Crippen molar-refractivity contribution in [2.24, 2.45) is 5.73 Å². The van der Waals surface area contributed by atoms with Gasteiger partial charge in [-0.2, -0.15) is 0 Å². The van der Waals surface area contributed by atoms with Gasteiger partial charge in [0.15, 0.2) is 0 Å². The number of nitrogens with two attached hydrogens (primary N) is 1. The first-order valence-electron chi connectivity index (χ1n) is 3.41. The van der Waals surface area contributed by atoms with Crippen molar-refractivity contribution in [3.63, 3.8) is 0 Å². The molecule has 0 aliphatic heterocycles. The van der Waals surface area contributed by atoms with E-state index in [1.54, 1.807) is 6.92 Å². The summed E-state index contributed by atoms with van der Waals surface area (Å²) in [6, 6.07) is 0.0903. The molecule has 10 heavy (non-hydrogen) atoms. The predicted molar refractivity (Wildman–Crippen MR) is 45.4 cm³/mol. The number of Topliss-reactive ketones (excluding diaryl/α,β-unsaturated/α-hetero) is 1. The summed E-state index contributed by atoms with van der Waals surface area (Å²) < 4.78 is 0. The van der Waals surface area contributed by atoms with Crippen LogP contribution in [-0.4, -0.2) is 11.8 Å². The molecule has 1 atom stereocenters. The number of hydrogen-bond donors (Lipinski definition) is 1. The molecule has 0 aliphatic carbocycles. The first-order chi connectivity index (χ1) is 4.16. The molecule has 0 rings (SSSR count). The average Bonchev–Trinajstić information content (AvgIpc) is 1.63.